The fourth-order valence-corrected chi connectivity index (χ4v) is 15.2. The molecule has 2 amide bonds. The molecule has 5 heterocycles. The van der Waals surface area contributed by atoms with Crippen molar-refractivity contribution in [3.05, 3.63) is 397 Å². The van der Waals surface area contributed by atoms with Gasteiger partial charge in [-0.15, -0.1) is 0 Å². The Kier molecular flexibility index (Phi) is 52.0. The first-order valence-electron chi connectivity index (χ1n) is 41.0. The maximum Gasteiger partial charge on any atom is 1.00 e. The standard InChI is InChI=1S/C19H17ClF3N3O.C13H9ClN2O4.C13H11ClN2O2.C13H9ClN2O.C13H11ClN2.C13H9ClN2.C7H7NO2.C6H3ClFNO2.CH2O3.CH4.Al.2K.Li.Pt.H2.5H/c20-11-7-8-14-16(10-11)26-9-3-6-15(25-18(27)19(21,22)23)17(26)12-4-1-2-5-13(12)24-14;14-8-5-6-11(12(7-8)16(19)20)15-10-4-2-1-3-9(10)13(17)18;14-8-5-6-12(10(15)7-8)16-11-4-2-1-3-9(11)13(17)18;14-8-5-6-11-12(7-8)16-13(17)9-3-1-2-4-10(9)15-11;2*14-10-5-6-12-13(7-10)15-8-9-3-1-2-4-11(9)16-12;8-6-4-2-1-3-5(6)7(9)10;7-4-1-2-5(8)6(3-4)9(10)11;2-1-4-3;;;;;;;;;;;;/h1-2,4-5,7-8,10,15,17,24H,3,6,9H2,(H,25,27);1-7,15H,(H,17,18);1-7,16H,15H2,(H,17,18);1-7,15H,(H,16,17);1-7,15-16H,8H2;1-8,16H;1-4H,8H2,(H,9,10);1-3H;1,3H;1H4;;;;;;1H;;;;;/q;;;;;;;;;;;3*+1;;;;;;2*-1/p-1/t15-,17+;;;;;;;;;;;;;;;;;;;;/m0..................../s1. The van der Waals surface area contributed by atoms with Crippen LogP contribution in [-0.4, -0.2) is 104 Å². The van der Waals surface area contributed by atoms with Crippen molar-refractivity contribution in [2.45, 2.75) is 45.1 Å². The number of carboxylic acids is 3. The zero-order chi connectivity index (χ0) is 100. The molecule has 2 atom stereocenters. The van der Waals surface area contributed by atoms with Crippen LogP contribution in [0.5, 0.6) is 0 Å². The number of amides is 2. The second-order valence-electron chi connectivity index (χ2n) is 29.5. The number of nitrogens with zero attached hydrogens (tertiary/aromatic N) is 4. The number of piperidine rings is 1. The molecule has 14 aromatic carbocycles. The average molecular weight is 2360 g/mol. The number of aliphatic imine (C=N–C) groups is 1. The van der Waals surface area contributed by atoms with Crippen LogP contribution in [0.3, 0.4) is 0 Å². The van der Waals surface area contributed by atoms with Gasteiger partial charge in [-0.2, -0.15) is 17.6 Å². The first kappa shape index (κ1) is 125. The summed E-state index contributed by atoms with van der Waals surface area (Å²) in [5, 5.41) is 87.1. The molecule has 5 aliphatic rings. The van der Waals surface area contributed by atoms with Crippen molar-refractivity contribution in [2.75, 3.05) is 65.4 Å². The first-order valence-corrected chi connectivity index (χ1v) is 43.6. The Labute approximate surface area is 989 Å². The molecule has 0 aromatic heterocycles. The second kappa shape index (κ2) is 60.5. The number of nitro groups is 2. The summed E-state index contributed by atoms with van der Waals surface area (Å²) in [6.45, 7) is 1.29. The molecule has 1 saturated heterocycles. The van der Waals surface area contributed by atoms with Crippen molar-refractivity contribution in [1.29, 1.82) is 0 Å². The summed E-state index contributed by atoms with van der Waals surface area (Å²) in [6.07, 6.45) is -1.93. The zero-order valence-corrected chi connectivity index (χ0v) is 88.9. The third-order valence-electron chi connectivity index (χ3n) is 20.3. The van der Waals surface area contributed by atoms with Gasteiger partial charge in [0, 0.05) is 123 Å². The molecule has 14 aromatic rings. The molecule has 0 aliphatic carbocycles. The Morgan fingerprint density at radius 1 is 0.503 bits per heavy atom. The number of carboxylic acid groups (broad SMARTS) is 3. The van der Waals surface area contributed by atoms with Gasteiger partial charge in [-0.3, -0.25) is 39.6 Å². The van der Waals surface area contributed by atoms with Crippen molar-refractivity contribution < 1.29 is 229 Å². The minimum atomic E-state index is -4.91. The Bertz CT molecular complexity index is 6980. The van der Waals surface area contributed by atoms with E-state index < -0.39 is 63.4 Å². The van der Waals surface area contributed by atoms with Crippen LogP contribution in [0.15, 0.2) is 302 Å². The summed E-state index contributed by atoms with van der Waals surface area (Å²) in [4.78, 5) is 93.4. The van der Waals surface area contributed by atoms with Gasteiger partial charge in [0.25, 0.3) is 18.1 Å². The minimum absolute atomic E-state index is 0. The van der Waals surface area contributed by atoms with E-state index in [0.717, 1.165) is 97.4 Å². The molecule has 0 unspecified atom stereocenters. The van der Waals surface area contributed by atoms with Gasteiger partial charge in [0.05, 0.1) is 118 Å². The van der Waals surface area contributed by atoms with E-state index in [1.54, 1.807) is 97.1 Å². The van der Waals surface area contributed by atoms with Crippen LogP contribution in [-0.2, 0) is 42.1 Å². The van der Waals surface area contributed by atoms with E-state index in [1.165, 1.54) is 54.1 Å². The Balaban J connectivity index is 0.000000571. The van der Waals surface area contributed by atoms with E-state index in [-0.39, 0.29) is 228 Å². The van der Waals surface area contributed by atoms with E-state index >= 15 is 0 Å². The van der Waals surface area contributed by atoms with Crippen LogP contribution < -0.4 is 191 Å². The monoisotopic (exact) mass is 2350 g/mol. The second-order valence-corrected chi connectivity index (χ2v) is 32.6. The quantitative estimate of drug-likeness (QED) is 0.0109. The molecule has 0 radical (unpaired) electrons. The number of aromatic carboxylic acids is 3. The Morgan fingerprint density at radius 2 is 0.945 bits per heavy atom. The average Bonchev–Trinajstić information content (AvgIpc) is 1.59. The first-order chi connectivity index (χ1) is 66.5. The fraction of sp³-hybridized carbons (Fsp3) is 0.0808. The van der Waals surface area contributed by atoms with Gasteiger partial charge in [-0.05, 0) is 200 Å². The van der Waals surface area contributed by atoms with Gasteiger partial charge in [0.1, 0.15) is 5.69 Å². The zero-order valence-electron chi connectivity index (χ0n) is 77.1. The van der Waals surface area contributed by atoms with Crippen molar-refractivity contribution in [3.63, 3.8) is 0 Å². The van der Waals surface area contributed by atoms with E-state index in [9.17, 15) is 61.8 Å². The molecule has 46 heteroatoms. The Hall–Kier alpha value is -10.8. The maximum absolute atomic E-state index is 12.8. The van der Waals surface area contributed by atoms with Crippen LogP contribution in [0.2, 0.25) is 35.2 Å². The molecular weight excluding hydrogens is 2270 g/mol. The number of nitro benzene ring substituents is 2. The number of carbonyl (C=O) groups excluding carboxylic acids is 3. The normalized spacial score (nSPS) is 12.4. The summed E-state index contributed by atoms with van der Waals surface area (Å²) < 4.78 is 51.0. The molecule has 16 N–H and O–H groups in total. The molecular formula is C99H88AlCl7F4K2LiN15O15Pt. The number of carbonyl (C=O) groups is 6. The van der Waals surface area contributed by atoms with E-state index in [0.29, 0.717) is 73.5 Å². The van der Waals surface area contributed by atoms with Crippen LogP contribution >= 0.6 is 81.2 Å². The number of nitrogens with two attached hydrogens (primary N) is 2. The van der Waals surface area contributed by atoms with Crippen LogP contribution in [0, 0.1) is 26.0 Å². The Morgan fingerprint density at radius 3 is 1.52 bits per heavy atom. The van der Waals surface area contributed by atoms with Gasteiger partial charge in [-0.25, -0.2) is 14.4 Å². The molecule has 742 valence electrons. The molecule has 1 fully saturated rings. The number of nitrogen functional groups attached to an aromatic ring is 2. The number of halogens is 11. The van der Waals surface area contributed by atoms with Crippen molar-refractivity contribution in [3.8, 4) is 0 Å². The summed E-state index contributed by atoms with van der Waals surface area (Å²) in [5.74, 6) is -6.02. The maximum atomic E-state index is 12.8. The summed E-state index contributed by atoms with van der Waals surface area (Å²) >= 11 is 40.9. The van der Waals surface area contributed by atoms with Crippen molar-refractivity contribution >= 4 is 255 Å². The number of para-hydroxylation sites is 7. The van der Waals surface area contributed by atoms with E-state index in [2.05, 4.69) is 69.9 Å². The summed E-state index contributed by atoms with van der Waals surface area (Å²) in [6, 6.07) is 83.8. The largest absolute Gasteiger partial charge is 1.00 e. The molecule has 0 spiro atoms. The summed E-state index contributed by atoms with van der Waals surface area (Å²) in [7, 11) is 0. The number of hydrogen-bond donors (Lipinski definition) is 14. The van der Waals surface area contributed by atoms with Crippen molar-refractivity contribution in [1.82, 2.24) is 5.32 Å². The number of alkyl halides is 3. The number of hydrogen-bond acceptors (Lipinski definition) is 23. The third kappa shape index (κ3) is 36.0. The third-order valence-corrected chi connectivity index (χ3v) is 22.0. The predicted octanol–water partition coefficient (Wildman–Crippen LogP) is 16.4. The smallest absolute Gasteiger partial charge is 1.00 e. The van der Waals surface area contributed by atoms with E-state index in [1.807, 2.05) is 139 Å². The fourth-order valence-electron chi connectivity index (χ4n) is 14.0. The number of fused-ring (bicyclic) bond motifs is 11. The topological polar surface area (TPSA) is 458 Å². The SMILES string of the molecule is C.Clc1ccc2c(c1)N=Cc1ccccc1N2.Clc1ccc2c(c1)NCc1ccccc1N2.Nc1cc(Cl)ccc1Nc1ccccc1C(=O)O.Nc1ccccc1C(=O)O.O=C(N[C@H]1CCCN2c3cc(Cl)ccc3Nc3ccccc3[C@H]12)C(F)(F)F.O=C(O)c1ccccc1Nc1ccc(Cl)cc1[N+](=O)[O-].O=C1Nc2cc(Cl)ccc2Nc2ccccc21.O=CO[O-].O=[N+]([O-])c1cc(Cl)ccc1F.[AlH3].[H-].[H-].[HH].[K+].[K+].[Li+].[Pt]. The predicted molar refractivity (Wildman–Crippen MR) is 556 cm³/mol. The number of rotatable bonds is 11. The molecule has 19 rings (SSSR count). The summed E-state index contributed by atoms with van der Waals surface area (Å²) in [5.41, 5.74) is 27.7. The van der Waals surface area contributed by atoms with Gasteiger partial charge in [0.2, 0.25) is 5.82 Å². The molecule has 145 heavy (non-hydrogen) atoms. The van der Waals surface area contributed by atoms with E-state index in [4.69, 9.17) is 118 Å². The molecule has 30 nitrogen and oxygen atoms in total. The molecule has 0 bridgehead atoms. The molecule has 0 saturated carbocycles. The van der Waals surface area contributed by atoms with Gasteiger partial charge in [0.15, 0.2) is 17.4 Å². The van der Waals surface area contributed by atoms with Crippen LogP contribution in [0.25, 0.3) is 0 Å². The van der Waals surface area contributed by atoms with Gasteiger partial charge < -0.3 is 92.5 Å². The minimum Gasteiger partial charge on any atom is -1.00 e. The van der Waals surface area contributed by atoms with Crippen molar-refractivity contribution in [2.24, 2.45) is 4.99 Å². The molecule has 5 aliphatic heterocycles. The van der Waals surface area contributed by atoms with Crippen LogP contribution in [0.1, 0.15) is 88.7 Å². The van der Waals surface area contributed by atoms with Crippen LogP contribution in [0.4, 0.5) is 131 Å². The number of benzene rings is 14. The van der Waals surface area contributed by atoms with Gasteiger partial charge in [-0.1, -0.05) is 192 Å². The number of nitrogens with one attached hydrogen (secondary N) is 9. The number of anilines is 17. The van der Waals surface area contributed by atoms with Gasteiger partial charge >= 0.3 is 157 Å².